The van der Waals surface area contributed by atoms with Crippen LogP contribution in [0, 0.1) is 0 Å². The van der Waals surface area contributed by atoms with Gasteiger partial charge in [-0.2, -0.15) is 4.57 Å². The third-order valence-corrected chi connectivity index (χ3v) is 8.36. The Morgan fingerprint density at radius 2 is 1.61 bits per heavy atom. The van der Waals surface area contributed by atoms with E-state index in [9.17, 15) is 19.5 Å². The third-order valence-electron chi connectivity index (χ3n) is 5.74. The summed E-state index contributed by atoms with van der Waals surface area (Å²) in [6.45, 7) is -0.0248. The van der Waals surface area contributed by atoms with Gasteiger partial charge in [0.1, 0.15) is 8.95 Å². The van der Waals surface area contributed by atoms with E-state index in [1.807, 2.05) is 6.07 Å². The SMILES string of the molecule is O=C(C[n+]1ccccc1)Oc1c(Br)cc2c(-c3ccccc3C(=O)O)c3cc(Br)c(=O)c(Br)c-3oc2c1Br. The van der Waals surface area contributed by atoms with Gasteiger partial charge in [0.2, 0.25) is 12.0 Å². The molecule has 0 bridgehead atoms. The van der Waals surface area contributed by atoms with Gasteiger partial charge >= 0.3 is 11.9 Å². The Morgan fingerprint density at radius 3 is 2.32 bits per heavy atom. The van der Waals surface area contributed by atoms with Crippen LogP contribution < -0.4 is 14.7 Å². The number of aromatic nitrogens is 1. The molecule has 7 nitrogen and oxygen atoms in total. The minimum Gasteiger partial charge on any atom is -0.478 e. The number of pyridine rings is 1. The molecule has 2 heterocycles. The summed E-state index contributed by atoms with van der Waals surface area (Å²) in [5, 5.41) is 10.5. The van der Waals surface area contributed by atoms with Crippen molar-refractivity contribution in [1.82, 2.24) is 0 Å². The first-order valence-electron chi connectivity index (χ1n) is 10.9. The molecule has 2 aromatic carbocycles. The quantitative estimate of drug-likeness (QED) is 0.0880. The molecule has 11 heteroatoms. The normalized spacial score (nSPS) is 11.2. The Kier molecular flexibility index (Phi) is 7.54. The van der Waals surface area contributed by atoms with Gasteiger partial charge in [-0.15, -0.1) is 0 Å². The van der Waals surface area contributed by atoms with Crippen molar-refractivity contribution in [3.63, 3.8) is 0 Å². The van der Waals surface area contributed by atoms with Crippen molar-refractivity contribution in [2.75, 3.05) is 0 Å². The van der Waals surface area contributed by atoms with Gasteiger partial charge in [0.25, 0.3) is 0 Å². The van der Waals surface area contributed by atoms with Crippen LogP contribution in [0.2, 0.25) is 0 Å². The Balaban J connectivity index is 1.80. The maximum absolute atomic E-state index is 12.7. The molecule has 38 heavy (non-hydrogen) atoms. The van der Waals surface area contributed by atoms with Crippen LogP contribution in [0.3, 0.4) is 0 Å². The molecule has 0 amide bonds. The van der Waals surface area contributed by atoms with E-state index in [-0.39, 0.29) is 43.6 Å². The average molecular weight is 768 g/mol. The van der Waals surface area contributed by atoms with Crippen molar-refractivity contribution in [1.29, 1.82) is 0 Å². The first kappa shape index (κ1) is 26.7. The first-order chi connectivity index (χ1) is 18.2. The van der Waals surface area contributed by atoms with E-state index in [4.69, 9.17) is 9.15 Å². The van der Waals surface area contributed by atoms with E-state index < -0.39 is 11.9 Å². The van der Waals surface area contributed by atoms with Crippen LogP contribution in [0.1, 0.15) is 10.4 Å². The predicted octanol–water partition coefficient (Wildman–Crippen LogP) is 7.21. The number of carbonyl (C=O) groups excluding carboxylic acids is 1. The van der Waals surface area contributed by atoms with E-state index in [1.54, 1.807) is 59.4 Å². The second kappa shape index (κ2) is 10.7. The zero-order valence-electron chi connectivity index (χ0n) is 19.0. The van der Waals surface area contributed by atoms with Crippen molar-refractivity contribution in [3.8, 4) is 28.2 Å². The summed E-state index contributed by atoms with van der Waals surface area (Å²) < 4.78 is 14.8. The highest BCUT2D eigenvalue weighted by atomic mass is 79.9. The van der Waals surface area contributed by atoms with Crippen LogP contribution in [0.15, 0.2) is 94.1 Å². The monoisotopic (exact) mass is 764 g/mol. The van der Waals surface area contributed by atoms with Crippen molar-refractivity contribution in [2.45, 2.75) is 6.54 Å². The number of aromatic carboxylic acids is 1. The summed E-state index contributed by atoms with van der Waals surface area (Å²) in [6, 6.07) is 15.3. The van der Waals surface area contributed by atoms with Crippen LogP contribution >= 0.6 is 63.7 Å². The van der Waals surface area contributed by atoms with E-state index in [0.717, 1.165) is 0 Å². The molecule has 0 unspecified atom stereocenters. The van der Waals surface area contributed by atoms with Crippen LogP contribution in [0.4, 0.5) is 0 Å². The second-order valence-electron chi connectivity index (χ2n) is 8.11. The number of esters is 1. The number of halogens is 4. The molecular weight excluding hydrogens is 754 g/mol. The van der Waals surface area contributed by atoms with Gasteiger partial charge in [-0.05, 0) is 87.5 Å². The van der Waals surface area contributed by atoms with Gasteiger partial charge in [0, 0.05) is 28.6 Å². The number of benzene rings is 3. The molecule has 0 saturated carbocycles. The molecule has 0 radical (unpaired) electrons. The zero-order chi connectivity index (χ0) is 27.1. The third kappa shape index (κ3) is 4.84. The van der Waals surface area contributed by atoms with Crippen LogP contribution in [0.5, 0.6) is 5.75 Å². The molecule has 1 N–H and O–H groups in total. The van der Waals surface area contributed by atoms with Gasteiger partial charge in [0.05, 0.1) is 14.5 Å². The van der Waals surface area contributed by atoms with Crippen LogP contribution in [-0.4, -0.2) is 17.0 Å². The van der Waals surface area contributed by atoms with E-state index in [2.05, 4.69) is 63.7 Å². The molecule has 0 spiro atoms. The van der Waals surface area contributed by atoms with E-state index in [1.165, 1.54) is 6.07 Å². The predicted molar refractivity (Wildman–Crippen MR) is 155 cm³/mol. The summed E-state index contributed by atoms with van der Waals surface area (Å²) in [7, 11) is 0. The molecular formula is C27H14Br4NO6+. The molecule has 190 valence electrons. The lowest BCUT2D eigenvalue weighted by Crippen LogP contribution is -2.38. The zero-order valence-corrected chi connectivity index (χ0v) is 25.3. The lowest BCUT2D eigenvalue weighted by Gasteiger charge is -2.20. The highest BCUT2D eigenvalue weighted by molar-refractivity contribution is 9.11. The van der Waals surface area contributed by atoms with Gasteiger partial charge in [-0.1, -0.05) is 24.3 Å². The number of hydrogen-bond donors (Lipinski definition) is 1. The topological polar surface area (TPSA) is 97.7 Å². The number of carboxylic acid groups (broad SMARTS) is 1. The summed E-state index contributed by atoms with van der Waals surface area (Å²) in [4.78, 5) is 37.6. The first-order valence-corrected chi connectivity index (χ1v) is 14.1. The highest BCUT2D eigenvalue weighted by Gasteiger charge is 2.28. The lowest BCUT2D eigenvalue weighted by atomic mass is 9.91. The molecule has 3 aromatic rings. The number of nitrogens with zero attached hydrogens (tertiary/aromatic N) is 1. The van der Waals surface area contributed by atoms with Crippen LogP contribution in [-0.2, 0) is 11.3 Å². The fraction of sp³-hybridized carbons (Fsp3) is 0.0370. The van der Waals surface area contributed by atoms with Crippen molar-refractivity contribution in [2.24, 2.45) is 0 Å². The molecule has 0 atom stereocenters. The Morgan fingerprint density at radius 1 is 0.895 bits per heavy atom. The number of hydrogen-bond acceptors (Lipinski definition) is 5. The molecule has 0 saturated heterocycles. The second-order valence-corrected chi connectivity index (χ2v) is 11.4. The van der Waals surface area contributed by atoms with Crippen LogP contribution in [0.25, 0.3) is 33.4 Å². The van der Waals surface area contributed by atoms with Gasteiger partial charge in [-0.25, -0.2) is 9.59 Å². The fourth-order valence-corrected chi connectivity index (χ4v) is 6.66. The van der Waals surface area contributed by atoms with Gasteiger partial charge < -0.3 is 14.3 Å². The molecule has 1 aliphatic heterocycles. The summed E-state index contributed by atoms with van der Waals surface area (Å²) >= 11 is 13.7. The smallest absolute Gasteiger partial charge is 0.378 e. The van der Waals surface area contributed by atoms with Gasteiger partial charge in [-0.3, -0.25) is 4.79 Å². The highest BCUT2D eigenvalue weighted by Crippen LogP contribution is 2.49. The fourth-order valence-electron chi connectivity index (χ4n) is 4.09. The summed E-state index contributed by atoms with van der Waals surface area (Å²) in [5.74, 6) is -1.24. The summed E-state index contributed by atoms with van der Waals surface area (Å²) in [5.41, 5.74) is 1.45. The standard InChI is InChI=1S/C27H13Br4NO6/c28-17-10-15-20(13-6-2-3-7-14(13)27(35)36)16-11-18(29)26(37-19(33)12-32-8-4-1-5-9-32)22(31)25(16)38-24(15)21(30)23(17)34/h1-11H,12H2/p+1. The maximum Gasteiger partial charge on any atom is 0.378 e. The number of carboxylic acids is 1. The van der Waals surface area contributed by atoms with E-state index >= 15 is 0 Å². The largest absolute Gasteiger partial charge is 0.478 e. The Bertz CT molecular complexity index is 1790. The number of rotatable bonds is 5. The molecule has 0 fully saturated rings. The molecule has 5 rings (SSSR count). The molecule has 1 aromatic heterocycles. The number of carbonyl (C=O) groups is 2. The van der Waals surface area contributed by atoms with Crippen molar-refractivity contribution < 1.29 is 28.4 Å². The van der Waals surface area contributed by atoms with E-state index in [0.29, 0.717) is 31.0 Å². The molecule has 2 aliphatic rings. The lowest BCUT2D eigenvalue weighted by molar-refractivity contribution is -0.685. The Labute approximate surface area is 248 Å². The van der Waals surface area contributed by atoms with Crippen molar-refractivity contribution in [3.05, 3.63) is 101 Å². The minimum absolute atomic E-state index is 0.0248. The average Bonchev–Trinajstić information content (AvgIpc) is 2.90. The molecule has 1 aliphatic carbocycles. The number of fused-ring (bicyclic) bond motifs is 2. The Hall–Kier alpha value is -2.86. The summed E-state index contributed by atoms with van der Waals surface area (Å²) in [6.07, 6.45) is 3.49. The van der Waals surface area contributed by atoms with Gasteiger partial charge in [0.15, 0.2) is 29.5 Å². The van der Waals surface area contributed by atoms with Crippen molar-refractivity contribution >= 4 is 86.6 Å². The minimum atomic E-state index is -1.11. The number of ether oxygens (including phenoxy) is 1. The maximum atomic E-state index is 12.7.